The third kappa shape index (κ3) is 5.00. The zero-order valence-corrected chi connectivity index (χ0v) is 14.5. The smallest absolute Gasteiger partial charge is 0.254 e. The van der Waals surface area contributed by atoms with E-state index in [9.17, 15) is 9.18 Å². The largest absolute Gasteiger partial charge is 0.352 e. The van der Waals surface area contributed by atoms with Gasteiger partial charge in [-0.05, 0) is 48.4 Å². The summed E-state index contributed by atoms with van der Waals surface area (Å²) in [5.74, 6) is -0.150. The standard InChI is InChI=1S/C19H16ClFN4O/c20-15-3-7-17(8-4-15)25-19-23-11-14(12-24-19)18(26)22-10-9-13-1-5-16(21)6-2-13/h1-8,11-12H,9-10H2,(H,22,26)(H,23,24,25). The molecule has 0 saturated heterocycles. The second-order valence-corrected chi connectivity index (χ2v) is 6.00. The number of nitrogens with zero attached hydrogens (tertiary/aromatic N) is 2. The molecule has 3 aromatic rings. The van der Waals surface area contributed by atoms with Gasteiger partial charge in [0.25, 0.3) is 5.91 Å². The third-order valence-corrected chi connectivity index (χ3v) is 3.88. The first-order valence-corrected chi connectivity index (χ1v) is 8.35. The monoisotopic (exact) mass is 370 g/mol. The molecule has 26 heavy (non-hydrogen) atoms. The van der Waals surface area contributed by atoms with Crippen LogP contribution < -0.4 is 10.6 Å². The molecular formula is C19H16ClFN4O. The van der Waals surface area contributed by atoms with Crippen LogP contribution >= 0.6 is 11.6 Å². The van der Waals surface area contributed by atoms with Gasteiger partial charge in [0.05, 0.1) is 5.56 Å². The molecule has 0 saturated carbocycles. The van der Waals surface area contributed by atoms with Crippen molar-refractivity contribution >= 4 is 29.1 Å². The summed E-state index contributed by atoms with van der Waals surface area (Å²) in [6.07, 6.45) is 3.53. The Hall–Kier alpha value is -2.99. The van der Waals surface area contributed by atoms with Crippen LogP contribution in [0.2, 0.25) is 5.02 Å². The number of hydrogen-bond donors (Lipinski definition) is 2. The maximum Gasteiger partial charge on any atom is 0.254 e. The highest BCUT2D eigenvalue weighted by atomic mass is 35.5. The molecule has 0 radical (unpaired) electrons. The van der Waals surface area contributed by atoms with Crippen molar-refractivity contribution in [2.75, 3.05) is 11.9 Å². The van der Waals surface area contributed by atoms with Crippen molar-refractivity contribution in [3.05, 3.63) is 82.9 Å². The Balaban J connectivity index is 1.51. The summed E-state index contributed by atoms with van der Waals surface area (Å²) >= 11 is 5.84. The van der Waals surface area contributed by atoms with Crippen molar-refractivity contribution in [1.82, 2.24) is 15.3 Å². The Morgan fingerprint density at radius 2 is 1.65 bits per heavy atom. The summed E-state index contributed by atoms with van der Waals surface area (Å²) in [5.41, 5.74) is 2.11. The van der Waals surface area contributed by atoms with Crippen LogP contribution in [0.4, 0.5) is 16.0 Å². The number of anilines is 2. The molecule has 1 heterocycles. The van der Waals surface area contributed by atoms with Gasteiger partial charge in [-0.3, -0.25) is 4.79 Å². The van der Waals surface area contributed by atoms with Crippen LogP contribution in [0.3, 0.4) is 0 Å². The first-order chi connectivity index (χ1) is 12.6. The lowest BCUT2D eigenvalue weighted by atomic mass is 10.1. The van der Waals surface area contributed by atoms with Gasteiger partial charge in [-0.15, -0.1) is 0 Å². The maximum absolute atomic E-state index is 12.9. The Labute approximate surface area is 155 Å². The first-order valence-electron chi connectivity index (χ1n) is 7.97. The molecule has 3 rings (SSSR count). The maximum atomic E-state index is 12.9. The van der Waals surface area contributed by atoms with Crippen molar-refractivity contribution in [2.24, 2.45) is 0 Å². The van der Waals surface area contributed by atoms with Crippen LogP contribution in [-0.2, 0) is 6.42 Å². The lowest BCUT2D eigenvalue weighted by molar-refractivity contribution is 0.0953. The lowest BCUT2D eigenvalue weighted by Gasteiger charge is -2.07. The van der Waals surface area contributed by atoms with Crippen LogP contribution in [0.5, 0.6) is 0 Å². The quantitative estimate of drug-likeness (QED) is 0.688. The minimum Gasteiger partial charge on any atom is -0.352 e. The number of hydrogen-bond acceptors (Lipinski definition) is 4. The molecule has 0 aliphatic carbocycles. The second kappa shape index (κ2) is 8.40. The normalized spacial score (nSPS) is 10.4. The van der Waals surface area contributed by atoms with Gasteiger partial charge in [-0.25, -0.2) is 14.4 Å². The predicted molar refractivity (Wildman–Crippen MR) is 99.2 cm³/mol. The van der Waals surface area contributed by atoms with E-state index < -0.39 is 0 Å². The van der Waals surface area contributed by atoms with Crippen molar-refractivity contribution in [3.8, 4) is 0 Å². The van der Waals surface area contributed by atoms with Gasteiger partial charge < -0.3 is 10.6 Å². The fourth-order valence-corrected chi connectivity index (χ4v) is 2.37. The second-order valence-electron chi connectivity index (χ2n) is 5.56. The van der Waals surface area contributed by atoms with E-state index in [4.69, 9.17) is 11.6 Å². The number of amides is 1. The summed E-state index contributed by atoms with van der Waals surface area (Å²) in [6, 6.07) is 13.3. The van der Waals surface area contributed by atoms with E-state index in [1.807, 2.05) is 12.1 Å². The molecule has 1 amide bonds. The van der Waals surface area contributed by atoms with Crippen molar-refractivity contribution < 1.29 is 9.18 Å². The molecule has 2 aromatic carbocycles. The van der Waals surface area contributed by atoms with Gasteiger partial charge >= 0.3 is 0 Å². The van der Waals surface area contributed by atoms with E-state index in [0.717, 1.165) is 11.3 Å². The fourth-order valence-electron chi connectivity index (χ4n) is 2.25. The molecule has 0 spiro atoms. The topological polar surface area (TPSA) is 66.9 Å². The molecule has 0 atom stereocenters. The Bertz CT molecular complexity index is 868. The van der Waals surface area contributed by atoms with Gasteiger partial charge in [0.2, 0.25) is 5.95 Å². The molecule has 0 unspecified atom stereocenters. The number of nitrogens with one attached hydrogen (secondary N) is 2. The van der Waals surface area contributed by atoms with E-state index >= 15 is 0 Å². The van der Waals surface area contributed by atoms with Crippen LogP contribution in [0.25, 0.3) is 0 Å². The number of carbonyl (C=O) groups excluding carboxylic acids is 1. The highest BCUT2D eigenvalue weighted by Crippen LogP contribution is 2.16. The highest BCUT2D eigenvalue weighted by Gasteiger charge is 2.07. The van der Waals surface area contributed by atoms with Gasteiger partial charge in [-0.1, -0.05) is 23.7 Å². The number of carbonyl (C=O) groups is 1. The first kappa shape index (κ1) is 17.8. The Morgan fingerprint density at radius 1 is 1.00 bits per heavy atom. The van der Waals surface area contributed by atoms with Crippen molar-refractivity contribution in [3.63, 3.8) is 0 Å². The molecular weight excluding hydrogens is 355 g/mol. The third-order valence-electron chi connectivity index (χ3n) is 3.63. The zero-order valence-electron chi connectivity index (χ0n) is 13.7. The fraction of sp³-hybridized carbons (Fsp3) is 0.105. The zero-order chi connectivity index (χ0) is 18.4. The molecule has 7 heteroatoms. The van der Waals surface area contributed by atoms with Crippen molar-refractivity contribution in [1.29, 1.82) is 0 Å². The predicted octanol–water partition coefficient (Wildman–Crippen LogP) is 3.99. The van der Waals surface area contributed by atoms with Gasteiger partial charge in [0.15, 0.2) is 0 Å². The van der Waals surface area contributed by atoms with Gasteiger partial charge in [-0.2, -0.15) is 0 Å². The summed E-state index contributed by atoms with van der Waals surface area (Å²) in [7, 11) is 0. The van der Waals surface area contributed by atoms with E-state index in [0.29, 0.717) is 29.5 Å². The van der Waals surface area contributed by atoms with Gasteiger partial charge in [0.1, 0.15) is 5.82 Å². The molecule has 1 aromatic heterocycles. The molecule has 0 bridgehead atoms. The minimum absolute atomic E-state index is 0.259. The van der Waals surface area contributed by atoms with Crippen LogP contribution in [0.1, 0.15) is 15.9 Å². The van der Waals surface area contributed by atoms with Crippen LogP contribution in [0, 0.1) is 5.82 Å². The number of rotatable bonds is 6. The van der Waals surface area contributed by atoms with E-state index in [1.165, 1.54) is 24.5 Å². The summed E-state index contributed by atoms with van der Waals surface area (Å²) in [6.45, 7) is 0.440. The van der Waals surface area contributed by atoms with Gasteiger partial charge in [0, 0.05) is 29.6 Å². The summed E-state index contributed by atoms with van der Waals surface area (Å²) < 4.78 is 12.9. The Morgan fingerprint density at radius 3 is 2.31 bits per heavy atom. The number of benzene rings is 2. The average Bonchev–Trinajstić information content (AvgIpc) is 2.66. The lowest BCUT2D eigenvalue weighted by Crippen LogP contribution is -2.26. The Kier molecular flexibility index (Phi) is 5.76. The molecule has 132 valence electrons. The number of aromatic nitrogens is 2. The molecule has 2 N–H and O–H groups in total. The summed E-state index contributed by atoms with van der Waals surface area (Å²) in [5, 5.41) is 6.46. The highest BCUT2D eigenvalue weighted by molar-refractivity contribution is 6.30. The molecule has 0 fully saturated rings. The minimum atomic E-state index is -0.276. The van der Waals surface area contributed by atoms with Crippen LogP contribution in [-0.4, -0.2) is 22.4 Å². The van der Waals surface area contributed by atoms with Crippen LogP contribution in [0.15, 0.2) is 60.9 Å². The summed E-state index contributed by atoms with van der Waals surface area (Å²) in [4.78, 5) is 20.4. The van der Waals surface area contributed by atoms with E-state index in [-0.39, 0.29) is 11.7 Å². The average molecular weight is 371 g/mol. The number of halogens is 2. The van der Waals surface area contributed by atoms with E-state index in [2.05, 4.69) is 20.6 Å². The SMILES string of the molecule is O=C(NCCc1ccc(F)cc1)c1cnc(Nc2ccc(Cl)cc2)nc1. The van der Waals surface area contributed by atoms with Crippen molar-refractivity contribution in [2.45, 2.75) is 6.42 Å². The molecule has 5 nitrogen and oxygen atoms in total. The molecule has 0 aliphatic rings. The molecule has 0 aliphatic heterocycles. The van der Waals surface area contributed by atoms with E-state index in [1.54, 1.807) is 24.3 Å².